The van der Waals surface area contributed by atoms with Crippen LogP contribution in [0.2, 0.25) is 0 Å². The van der Waals surface area contributed by atoms with Crippen LogP contribution in [-0.2, 0) is 0 Å². The summed E-state index contributed by atoms with van der Waals surface area (Å²) in [5.74, 6) is 0.872. The fourth-order valence-electron chi connectivity index (χ4n) is 2.70. The zero-order chi connectivity index (χ0) is 7.90. The maximum atomic E-state index is 3.64. The van der Waals surface area contributed by atoms with Crippen LogP contribution in [0.1, 0.15) is 39.5 Å². The van der Waals surface area contributed by atoms with Crippen molar-refractivity contribution >= 4 is 0 Å². The van der Waals surface area contributed by atoms with Crippen molar-refractivity contribution < 1.29 is 0 Å². The molecule has 2 aliphatic heterocycles. The zero-order valence-electron chi connectivity index (χ0n) is 7.69. The summed E-state index contributed by atoms with van der Waals surface area (Å²) < 4.78 is 0. The lowest BCUT2D eigenvalue weighted by Gasteiger charge is -2.49. The van der Waals surface area contributed by atoms with E-state index in [1.165, 1.54) is 32.2 Å². The monoisotopic (exact) mass is 153 g/mol. The van der Waals surface area contributed by atoms with Gasteiger partial charge in [0.25, 0.3) is 0 Å². The van der Waals surface area contributed by atoms with Gasteiger partial charge in [0.1, 0.15) is 0 Å². The van der Waals surface area contributed by atoms with E-state index in [9.17, 15) is 0 Å². The molecule has 0 radical (unpaired) electrons. The lowest BCUT2D eigenvalue weighted by atomic mass is 9.63. The Hall–Kier alpha value is -0.0400. The Morgan fingerprint density at radius 2 is 1.91 bits per heavy atom. The van der Waals surface area contributed by atoms with E-state index in [1.54, 1.807) is 0 Å². The van der Waals surface area contributed by atoms with Crippen LogP contribution in [0.4, 0.5) is 0 Å². The molecule has 1 N–H and O–H groups in total. The highest BCUT2D eigenvalue weighted by atomic mass is 15.0. The minimum atomic E-state index is 0.675. The van der Waals surface area contributed by atoms with Crippen molar-refractivity contribution in [3.05, 3.63) is 0 Å². The molecule has 3 aliphatic rings. The summed E-state index contributed by atoms with van der Waals surface area (Å²) in [7, 11) is 0. The number of rotatable bonds is 1. The Morgan fingerprint density at radius 3 is 2.18 bits per heavy atom. The van der Waals surface area contributed by atoms with Crippen LogP contribution >= 0.6 is 0 Å². The van der Waals surface area contributed by atoms with Crippen molar-refractivity contribution in [2.75, 3.05) is 6.54 Å². The van der Waals surface area contributed by atoms with E-state index in [4.69, 9.17) is 0 Å². The van der Waals surface area contributed by atoms with Gasteiger partial charge >= 0.3 is 0 Å². The molecule has 2 heterocycles. The van der Waals surface area contributed by atoms with Gasteiger partial charge in [-0.15, -0.1) is 0 Å². The summed E-state index contributed by atoms with van der Waals surface area (Å²) in [5, 5.41) is 3.64. The molecule has 0 aromatic carbocycles. The average Bonchev–Trinajstić information content (AvgIpc) is 2.08. The summed E-state index contributed by atoms with van der Waals surface area (Å²) >= 11 is 0. The molecular weight excluding hydrogens is 134 g/mol. The molecule has 1 saturated carbocycles. The van der Waals surface area contributed by atoms with E-state index in [1.807, 2.05) is 0 Å². The average molecular weight is 153 g/mol. The largest absolute Gasteiger partial charge is 0.313 e. The molecule has 2 bridgehead atoms. The number of nitrogens with one attached hydrogen (secondary N) is 1. The van der Waals surface area contributed by atoms with Gasteiger partial charge < -0.3 is 5.32 Å². The van der Waals surface area contributed by atoms with Crippen molar-refractivity contribution in [1.82, 2.24) is 5.32 Å². The molecular formula is C10H19N. The molecule has 2 saturated heterocycles. The van der Waals surface area contributed by atoms with E-state index in [-0.39, 0.29) is 0 Å². The van der Waals surface area contributed by atoms with Crippen LogP contribution in [0.15, 0.2) is 0 Å². The van der Waals surface area contributed by atoms with Crippen LogP contribution in [0.25, 0.3) is 0 Å². The fourth-order valence-corrected chi connectivity index (χ4v) is 2.70. The molecule has 0 atom stereocenters. The van der Waals surface area contributed by atoms with Crippen LogP contribution in [-0.4, -0.2) is 12.6 Å². The molecule has 1 aliphatic carbocycles. The third-order valence-electron chi connectivity index (χ3n) is 3.95. The smallest absolute Gasteiger partial charge is 0.00677 e. The summed E-state index contributed by atoms with van der Waals surface area (Å²) in [6, 6.07) is 0.871. The zero-order valence-corrected chi connectivity index (χ0v) is 7.69. The van der Waals surface area contributed by atoms with Gasteiger partial charge in [-0.2, -0.15) is 0 Å². The molecule has 0 aromatic rings. The van der Waals surface area contributed by atoms with Gasteiger partial charge in [-0.1, -0.05) is 13.8 Å². The second-order valence-corrected chi connectivity index (χ2v) is 4.67. The molecule has 1 heteroatoms. The molecule has 0 unspecified atom stereocenters. The van der Waals surface area contributed by atoms with E-state index < -0.39 is 0 Å². The van der Waals surface area contributed by atoms with Gasteiger partial charge in [-0.3, -0.25) is 0 Å². The van der Waals surface area contributed by atoms with Gasteiger partial charge in [0.2, 0.25) is 0 Å². The molecule has 3 rings (SSSR count). The van der Waals surface area contributed by atoms with E-state index in [0.29, 0.717) is 5.41 Å². The van der Waals surface area contributed by atoms with Crippen molar-refractivity contribution in [3.8, 4) is 0 Å². The number of hydrogen-bond donors (Lipinski definition) is 1. The number of fused-ring (bicyclic) bond motifs is 3. The first-order chi connectivity index (χ1) is 5.23. The first-order valence-corrected chi connectivity index (χ1v) is 4.96. The lowest BCUT2D eigenvalue weighted by Crippen LogP contribution is -2.53. The Morgan fingerprint density at radius 1 is 1.27 bits per heavy atom. The maximum absolute atomic E-state index is 3.64. The predicted octanol–water partition coefficient (Wildman–Crippen LogP) is 2.17. The number of hydrogen-bond acceptors (Lipinski definition) is 1. The Bertz CT molecular complexity index is 129. The SMILES string of the molecule is CC(C)C12CCC(CC1)NC2. The molecule has 64 valence electrons. The molecule has 11 heavy (non-hydrogen) atoms. The first-order valence-electron chi connectivity index (χ1n) is 4.96. The van der Waals surface area contributed by atoms with Gasteiger partial charge in [-0.05, 0) is 37.0 Å². The normalized spacial score (nSPS) is 43.4. The van der Waals surface area contributed by atoms with Crippen LogP contribution in [0.3, 0.4) is 0 Å². The van der Waals surface area contributed by atoms with Gasteiger partial charge in [0.05, 0.1) is 0 Å². The molecule has 0 spiro atoms. The first kappa shape index (κ1) is 7.60. The summed E-state index contributed by atoms with van der Waals surface area (Å²) in [6.07, 6.45) is 5.81. The minimum absolute atomic E-state index is 0.675. The van der Waals surface area contributed by atoms with Crippen LogP contribution < -0.4 is 5.32 Å². The molecule has 3 fully saturated rings. The van der Waals surface area contributed by atoms with E-state index in [2.05, 4.69) is 19.2 Å². The minimum Gasteiger partial charge on any atom is -0.313 e. The summed E-state index contributed by atoms with van der Waals surface area (Å²) in [6.45, 7) is 6.05. The van der Waals surface area contributed by atoms with Gasteiger partial charge in [0, 0.05) is 12.6 Å². The van der Waals surface area contributed by atoms with Crippen LogP contribution in [0.5, 0.6) is 0 Å². The van der Waals surface area contributed by atoms with E-state index >= 15 is 0 Å². The van der Waals surface area contributed by atoms with Crippen molar-refractivity contribution in [2.45, 2.75) is 45.6 Å². The second kappa shape index (κ2) is 2.48. The van der Waals surface area contributed by atoms with Crippen molar-refractivity contribution in [2.24, 2.45) is 11.3 Å². The van der Waals surface area contributed by atoms with Gasteiger partial charge in [0.15, 0.2) is 0 Å². The van der Waals surface area contributed by atoms with Crippen LogP contribution in [0, 0.1) is 11.3 Å². The second-order valence-electron chi connectivity index (χ2n) is 4.67. The summed E-state index contributed by atoms with van der Waals surface area (Å²) in [5.41, 5.74) is 0.675. The Kier molecular flexibility index (Phi) is 1.71. The molecule has 1 nitrogen and oxygen atoms in total. The lowest BCUT2D eigenvalue weighted by molar-refractivity contribution is 0.0489. The highest BCUT2D eigenvalue weighted by molar-refractivity contribution is 4.97. The van der Waals surface area contributed by atoms with E-state index in [0.717, 1.165) is 12.0 Å². The topological polar surface area (TPSA) is 12.0 Å². The predicted molar refractivity (Wildman–Crippen MR) is 47.5 cm³/mol. The number of piperidine rings is 2. The Balaban J connectivity index is 2.12. The standard InChI is InChI=1S/C10H19N/c1-8(2)10-5-3-9(4-6-10)11-7-10/h8-9,11H,3-7H2,1-2H3. The highest BCUT2D eigenvalue weighted by Crippen LogP contribution is 2.45. The molecule has 0 aromatic heterocycles. The third-order valence-corrected chi connectivity index (χ3v) is 3.95. The Labute approximate surface area is 69.6 Å². The fraction of sp³-hybridized carbons (Fsp3) is 1.00. The highest BCUT2D eigenvalue weighted by Gasteiger charge is 2.41. The summed E-state index contributed by atoms with van der Waals surface area (Å²) in [4.78, 5) is 0. The molecule has 0 amide bonds. The quantitative estimate of drug-likeness (QED) is 0.609. The van der Waals surface area contributed by atoms with Crippen molar-refractivity contribution in [3.63, 3.8) is 0 Å². The third kappa shape index (κ3) is 1.10. The maximum Gasteiger partial charge on any atom is 0.00677 e. The van der Waals surface area contributed by atoms with Gasteiger partial charge in [-0.25, -0.2) is 0 Å². The van der Waals surface area contributed by atoms with Crippen molar-refractivity contribution in [1.29, 1.82) is 0 Å².